The van der Waals surface area contributed by atoms with Crippen molar-refractivity contribution in [3.8, 4) is 0 Å². The summed E-state index contributed by atoms with van der Waals surface area (Å²) < 4.78 is 10.3. The first-order valence-electron chi connectivity index (χ1n) is 4.93. The third kappa shape index (κ3) is 6.86. The molecule has 4 heteroatoms. The Morgan fingerprint density at radius 3 is 2.36 bits per heavy atom. The van der Waals surface area contributed by atoms with E-state index in [4.69, 9.17) is 15.2 Å². The van der Waals surface area contributed by atoms with Crippen LogP contribution in [-0.2, 0) is 14.3 Å². The van der Waals surface area contributed by atoms with Gasteiger partial charge in [-0.2, -0.15) is 0 Å². The van der Waals surface area contributed by atoms with Gasteiger partial charge in [0.2, 0.25) is 0 Å². The second-order valence-electron chi connectivity index (χ2n) is 4.14. The molecule has 0 radical (unpaired) electrons. The summed E-state index contributed by atoms with van der Waals surface area (Å²) in [5, 5.41) is 0. The van der Waals surface area contributed by atoms with Crippen LogP contribution in [0.25, 0.3) is 0 Å². The van der Waals surface area contributed by atoms with Gasteiger partial charge in [-0.3, -0.25) is 4.79 Å². The van der Waals surface area contributed by atoms with E-state index >= 15 is 0 Å². The highest BCUT2D eigenvalue weighted by Crippen LogP contribution is 2.05. The normalized spacial score (nSPS) is 13.8. The molecule has 0 spiro atoms. The Morgan fingerprint density at radius 2 is 1.93 bits per heavy atom. The van der Waals surface area contributed by atoms with E-state index in [2.05, 4.69) is 0 Å². The van der Waals surface area contributed by atoms with E-state index in [9.17, 15) is 4.79 Å². The molecule has 0 heterocycles. The van der Waals surface area contributed by atoms with E-state index < -0.39 is 6.04 Å². The Kier molecular flexibility index (Phi) is 5.72. The lowest BCUT2D eigenvalue weighted by Crippen LogP contribution is -2.32. The molecule has 0 aromatic carbocycles. The van der Waals surface area contributed by atoms with E-state index in [0.717, 1.165) is 0 Å². The Hall–Kier alpha value is -0.610. The molecule has 0 unspecified atom stereocenters. The van der Waals surface area contributed by atoms with Crippen molar-refractivity contribution in [3.63, 3.8) is 0 Å². The number of carbonyl (C=O) groups is 1. The number of ether oxygens (including phenoxy) is 2. The van der Waals surface area contributed by atoms with Crippen molar-refractivity contribution < 1.29 is 14.3 Å². The second kappa shape index (κ2) is 5.98. The van der Waals surface area contributed by atoms with Gasteiger partial charge in [-0.15, -0.1) is 0 Å². The number of hydrogen-bond donors (Lipinski definition) is 1. The van der Waals surface area contributed by atoms with Crippen molar-refractivity contribution >= 4 is 5.97 Å². The predicted molar refractivity (Wildman–Crippen MR) is 54.9 cm³/mol. The number of esters is 1. The van der Waals surface area contributed by atoms with Gasteiger partial charge in [0.15, 0.2) is 0 Å². The molecule has 1 atom stereocenters. The first kappa shape index (κ1) is 13.4. The van der Waals surface area contributed by atoms with Gasteiger partial charge in [-0.1, -0.05) is 6.92 Å². The highest BCUT2D eigenvalue weighted by molar-refractivity contribution is 5.75. The smallest absolute Gasteiger partial charge is 0.322 e. The third-order valence-corrected chi connectivity index (χ3v) is 1.61. The lowest BCUT2D eigenvalue weighted by molar-refractivity contribution is -0.148. The van der Waals surface area contributed by atoms with Gasteiger partial charge in [-0.25, -0.2) is 0 Å². The molecule has 0 aromatic heterocycles. The number of hydrogen-bond acceptors (Lipinski definition) is 4. The fourth-order valence-electron chi connectivity index (χ4n) is 0.764. The Morgan fingerprint density at radius 1 is 1.36 bits per heavy atom. The van der Waals surface area contributed by atoms with E-state index in [1.807, 2.05) is 27.7 Å². The predicted octanol–water partition coefficient (Wildman–Crippen LogP) is 1.08. The van der Waals surface area contributed by atoms with Crippen LogP contribution in [0.15, 0.2) is 0 Å². The first-order valence-corrected chi connectivity index (χ1v) is 4.93. The zero-order valence-corrected chi connectivity index (χ0v) is 9.50. The van der Waals surface area contributed by atoms with Crippen LogP contribution in [-0.4, -0.2) is 30.8 Å². The maximum atomic E-state index is 11.1. The topological polar surface area (TPSA) is 61.6 Å². The monoisotopic (exact) mass is 203 g/mol. The van der Waals surface area contributed by atoms with E-state index in [0.29, 0.717) is 13.0 Å². The molecule has 0 aliphatic heterocycles. The Labute approximate surface area is 85.8 Å². The summed E-state index contributed by atoms with van der Waals surface area (Å²) in [6.45, 7) is 8.37. The zero-order chi connectivity index (χ0) is 11.2. The van der Waals surface area contributed by atoms with Crippen LogP contribution in [0.1, 0.15) is 34.1 Å². The average molecular weight is 203 g/mol. The Balaban J connectivity index is 3.51. The fraction of sp³-hybridized carbons (Fsp3) is 0.900. The average Bonchev–Trinajstić information content (AvgIpc) is 2.09. The van der Waals surface area contributed by atoms with Crippen LogP contribution < -0.4 is 5.73 Å². The molecule has 2 N–H and O–H groups in total. The van der Waals surface area contributed by atoms with Crippen molar-refractivity contribution in [2.45, 2.75) is 45.8 Å². The van der Waals surface area contributed by atoms with Gasteiger partial charge in [0.05, 0.1) is 12.2 Å². The summed E-state index contributed by atoms with van der Waals surface area (Å²) in [5.74, 6) is -0.356. The largest absolute Gasteiger partial charge is 0.462 e. The molecular formula is C10H21NO3. The zero-order valence-electron chi connectivity index (χ0n) is 9.50. The first-order chi connectivity index (χ1) is 6.37. The van der Waals surface area contributed by atoms with Gasteiger partial charge in [-0.05, 0) is 27.2 Å². The minimum atomic E-state index is -0.510. The van der Waals surface area contributed by atoms with Crippen LogP contribution in [0.3, 0.4) is 0 Å². The van der Waals surface area contributed by atoms with Gasteiger partial charge >= 0.3 is 5.97 Å². The van der Waals surface area contributed by atoms with Crippen LogP contribution in [0, 0.1) is 0 Å². The lowest BCUT2D eigenvalue weighted by Gasteiger charge is -2.19. The fourth-order valence-corrected chi connectivity index (χ4v) is 0.764. The maximum Gasteiger partial charge on any atom is 0.322 e. The molecule has 0 amide bonds. The number of nitrogens with two attached hydrogens (primary N) is 1. The molecule has 0 bridgehead atoms. The summed E-state index contributed by atoms with van der Waals surface area (Å²) in [6.07, 6.45) is 0.596. The van der Waals surface area contributed by atoms with Gasteiger partial charge in [0.1, 0.15) is 12.6 Å². The lowest BCUT2D eigenvalue weighted by atomic mass is 10.2. The third-order valence-electron chi connectivity index (χ3n) is 1.61. The van der Waals surface area contributed by atoms with Crippen molar-refractivity contribution in [1.29, 1.82) is 0 Å². The second-order valence-corrected chi connectivity index (χ2v) is 4.14. The molecule has 0 fully saturated rings. The minimum Gasteiger partial charge on any atom is -0.462 e. The SMILES string of the molecule is CC[C@H](N)C(=O)OCCOC(C)(C)C. The molecule has 0 aliphatic carbocycles. The van der Waals surface area contributed by atoms with Crippen LogP contribution in [0.4, 0.5) is 0 Å². The number of rotatable bonds is 5. The van der Waals surface area contributed by atoms with E-state index in [1.54, 1.807) is 0 Å². The molecule has 84 valence electrons. The van der Waals surface area contributed by atoms with Crippen LogP contribution >= 0.6 is 0 Å². The molecule has 0 saturated heterocycles. The highest BCUT2D eigenvalue weighted by atomic mass is 16.6. The van der Waals surface area contributed by atoms with Crippen molar-refractivity contribution in [1.82, 2.24) is 0 Å². The summed E-state index contributed by atoms with van der Waals surface area (Å²) in [5.41, 5.74) is 5.27. The molecule has 0 saturated carbocycles. The van der Waals surface area contributed by atoms with Crippen molar-refractivity contribution in [2.24, 2.45) is 5.73 Å². The standard InChI is InChI=1S/C10H21NO3/c1-5-8(11)9(12)13-6-7-14-10(2,3)4/h8H,5-7,11H2,1-4H3/t8-/m0/s1. The molecular weight excluding hydrogens is 182 g/mol. The molecule has 4 nitrogen and oxygen atoms in total. The summed E-state index contributed by atoms with van der Waals surface area (Å²) in [4.78, 5) is 11.1. The molecule has 0 aromatic rings. The molecule has 14 heavy (non-hydrogen) atoms. The molecule has 0 aliphatic rings. The van der Waals surface area contributed by atoms with E-state index in [1.165, 1.54) is 0 Å². The summed E-state index contributed by atoms with van der Waals surface area (Å²) >= 11 is 0. The van der Waals surface area contributed by atoms with Gasteiger partial charge in [0.25, 0.3) is 0 Å². The van der Waals surface area contributed by atoms with Crippen molar-refractivity contribution in [2.75, 3.05) is 13.2 Å². The Bertz CT molecular complexity index is 175. The van der Waals surface area contributed by atoms with Crippen molar-refractivity contribution in [3.05, 3.63) is 0 Å². The van der Waals surface area contributed by atoms with E-state index in [-0.39, 0.29) is 18.2 Å². The van der Waals surface area contributed by atoms with Crippen LogP contribution in [0.5, 0.6) is 0 Å². The quantitative estimate of drug-likeness (QED) is 0.536. The molecule has 0 rings (SSSR count). The summed E-state index contributed by atoms with van der Waals surface area (Å²) in [7, 11) is 0. The van der Waals surface area contributed by atoms with Crippen LogP contribution in [0.2, 0.25) is 0 Å². The summed E-state index contributed by atoms with van der Waals surface area (Å²) in [6, 6.07) is -0.510. The minimum absolute atomic E-state index is 0.195. The van der Waals surface area contributed by atoms with Gasteiger partial charge in [0, 0.05) is 0 Å². The van der Waals surface area contributed by atoms with Gasteiger partial charge < -0.3 is 15.2 Å². The highest BCUT2D eigenvalue weighted by Gasteiger charge is 2.13. The maximum absolute atomic E-state index is 11.1. The number of carbonyl (C=O) groups excluding carboxylic acids is 1.